The molecule has 7 aromatic rings. The Bertz CT molecular complexity index is 2440. The van der Waals surface area contributed by atoms with Crippen LogP contribution in [0, 0.1) is 13.8 Å². The lowest BCUT2D eigenvalue weighted by Gasteiger charge is -2.06. The minimum absolute atomic E-state index is 0.968. The van der Waals surface area contributed by atoms with Gasteiger partial charge in [0.2, 0.25) is 0 Å². The van der Waals surface area contributed by atoms with Crippen molar-refractivity contribution in [3.05, 3.63) is 167 Å². The van der Waals surface area contributed by atoms with Crippen LogP contribution in [0.3, 0.4) is 0 Å². The predicted octanol–water partition coefficient (Wildman–Crippen LogP) is 13.4. The van der Waals surface area contributed by atoms with Gasteiger partial charge in [0.25, 0.3) is 0 Å². The van der Waals surface area contributed by atoms with E-state index in [9.17, 15) is 0 Å². The SMILES string of the molecule is Cc1ccc(-c2c3nc(c(-c4ccccc4)c4ccc(s4)c(-c4ccccc4)c4nc(c(-c5ccc(C)cc5)c5ccc2s5)C=C4)C=C3)cc1. The third kappa shape index (κ3) is 5.53. The molecule has 0 radical (unpaired) electrons. The van der Waals surface area contributed by atoms with Crippen molar-refractivity contribution in [1.29, 1.82) is 0 Å². The van der Waals surface area contributed by atoms with E-state index in [0.29, 0.717) is 0 Å². The molecule has 4 heteroatoms. The Morgan fingerprint density at radius 3 is 0.900 bits per heavy atom. The summed E-state index contributed by atoms with van der Waals surface area (Å²) in [7, 11) is 0. The van der Waals surface area contributed by atoms with Gasteiger partial charge in [-0.25, -0.2) is 9.97 Å². The second-order valence-electron chi connectivity index (χ2n) is 12.7. The van der Waals surface area contributed by atoms with Crippen LogP contribution in [0.5, 0.6) is 0 Å². The lowest BCUT2D eigenvalue weighted by molar-refractivity contribution is 1.33. The molecule has 238 valence electrons. The van der Waals surface area contributed by atoms with Gasteiger partial charge in [0, 0.05) is 41.1 Å². The summed E-state index contributed by atoms with van der Waals surface area (Å²) in [5.41, 5.74) is 15.5. The van der Waals surface area contributed by atoms with E-state index < -0.39 is 0 Å². The monoisotopic (exact) mass is 676 g/mol. The van der Waals surface area contributed by atoms with Crippen molar-refractivity contribution in [2.75, 3.05) is 0 Å². The van der Waals surface area contributed by atoms with Crippen molar-refractivity contribution >= 4 is 65.8 Å². The molecule has 0 spiro atoms. The van der Waals surface area contributed by atoms with Crippen molar-refractivity contribution in [2.45, 2.75) is 13.8 Å². The predicted molar refractivity (Wildman–Crippen MR) is 217 cm³/mol. The Balaban J connectivity index is 1.48. The third-order valence-electron chi connectivity index (χ3n) is 9.31. The highest BCUT2D eigenvalue weighted by atomic mass is 32.1. The summed E-state index contributed by atoms with van der Waals surface area (Å²) in [6.07, 6.45) is 8.76. The number of benzene rings is 4. The Morgan fingerprint density at radius 1 is 0.320 bits per heavy atom. The summed E-state index contributed by atoms with van der Waals surface area (Å²) >= 11 is 3.60. The first-order valence-electron chi connectivity index (χ1n) is 16.8. The molecule has 2 aliphatic rings. The smallest absolute Gasteiger partial charge is 0.0730 e. The third-order valence-corrected chi connectivity index (χ3v) is 11.5. The normalized spacial score (nSPS) is 12.0. The molecule has 0 saturated heterocycles. The molecule has 8 bridgehead atoms. The van der Waals surface area contributed by atoms with Crippen molar-refractivity contribution < 1.29 is 0 Å². The van der Waals surface area contributed by atoms with Crippen molar-refractivity contribution in [3.8, 4) is 44.5 Å². The number of aromatic nitrogens is 2. The molecule has 0 saturated carbocycles. The molecule has 0 amide bonds. The Hall–Kier alpha value is -5.68. The molecule has 0 aliphatic carbocycles. The first-order chi connectivity index (χ1) is 24.6. The second kappa shape index (κ2) is 12.6. The fourth-order valence-electron chi connectivity index (χ4n) is 6.81. The van der Waals surface area contributed by atoms with Crippen LogP contribution in [-0.4, -0.2) is 9.97 Å². The van der Waals surface area contributed by atoms with Crippen LogP contribution in [0.1, 0.15) is 33.9 Å². The maximum absolute atomic E-state index is 5.43. The lowest BCUT2D eigenvalue weighted by atomic mass is 10.0. The molecular formula is C46H32N2S2. The molecule has 4 aromatic carbocycles. The van der Waals surface area contributed by atoms with Crippen LogP contribution in [0.4, 0.5) is 0 Å². The molecule has 0 unspecified atom stereocenters. The van der Waals surface area contributed by atoms with Crippen LogP contribution in [0.15, 0.2) is 133 Å². The lowest BCUT2D eigenvalue weighted by Crippen LogP contribution is -1.86. The highest BCUT2D eigenvalue weighted by Crippen LogP contribution is 2.42. The van der Waals surface area contributed by atoms with Crippen molar-refractivity contribution in [2.24, 2.45) is 0 Å². The number of rotatable bonds is 4. The Morgan fingerprint density at radius 2 is 0.600 bits per heavy atom. The van der Waals surface area contributed by atoms with Gasteiger partial charge in [-0.1, -0.05) is 120 Å². The Kier molecular flexibility index (Phi) is 7.69. The van der Waals surface area contributed by atoms with Gasteiger partial charge in [-0.2, -0.15) is 0 Å². The summed E-state index contributed by atoms with van der Waals surface area (Å²) in [4.78, 5) is 10.9. The number of nitrogens with zero attached hydrogens (tertiary/aromatic N) is 2. The van der Waals surface area contributed by atoms with E-state index in [-0.39, 0.29) is 0 Å². The summed E-state index contributed by atoms with van der Waals surface area (Å²) in [6.45, 7) is 4.27. The average Bonchev–Trinajstić information content (AvgIpc) is 3.98. The maximum atomic E-state index is 5.43. The fraction of sp³-hybridized carbons (Fsp3) is 0.0435. The molecule has 2 aliphatic heterocycles. The van der Waals surface area contributed by atoms with Gasteiger partial charge in [-0.05, 0) is 84.7 Å². The van der Waals surface area contributed by atoms with Gasteiger partial charge in [-0.3, -0.25) is 0 Å². The number of fused-ring (bicyclic) bond motifs is 8. The summed E-state index contributed by atoms with van der Waals surface area (Å²) in [6, 6.07) is 48.0. The number of hydrogen-bond donors (Lipinski definition) is 0. The van der Waals surface area contributed by atoms with Gasteiger partial charge in [0.15, 0.2) is 0 Å². The molecular weight excluding hydrogens is 645 g/mol. The van der Waals surface area contributed by atoms with E-state index in [0.717, 1.165) is 67.3 Å². The van der Waals surface area contributed by atoms with Crippen LogP contribution in [0.25, 0.3) is 87.6 Å². The van der Waals surface area contributed by atoms with Crippen molar-refractivity contribution in [1.82, 2.24) is 9.97 Å². The molecule has 3 aromatic heterocycles. The van der Waals surface area contributed by atoms with E-state index >= 15 is 0 Å². The molecule has 0 N–H and O–H groups in total. The van der Waals surface area contributed by atoms with Gasteiger partial charge in [0.05, 0.1) is 22.8 Å². The number of thiophene rings is 2. The van der Waals surface area contributed by atoms with E-state index in [2.05, 4.69) is 172 Å². The van der Waals surface area contributed by atoms with Crippen LogP contribution in [-0.2, 0) is 0 Å². The van der Waals surface area contributed by atoms with E-state index in [1.54, 1.807) is 22.7 Å². The van der Waals surface area contributed by atoms with E-state index in [4.69, 9.17) is 9.97 Å². The first kappa shape index (κ1) is 30.4. The number of aryl methyl sites for hydroxylation is 2. The van der Waals surface area contributed by atoms with Crippen molar-refractivity contribution in [3.63, 3.8) is 0 Å². The van der Waals surface area contributed by atoms with Crippen LogP contribution >= 0.6 is 22.7 Å². The highest BCUT2D eigenvalue weighted by Gasteiger charge is 2.19. The second-order valence-corrected chi connectivity index (χ2v) is 14.9. The minimum atomic E-state index is 0.968. The van der Waals surface area contributed by atoms with Gasteiger partial charge in [0.1, 0.15) is 0 Å². The standard InChI is InChI=1S/C46H32N2S2/c1-29-13-17-33(18-14-29)45-37-23-21-35(47-37)43(31-9-5-3-6-10-31)39-25-26-40(49-39)44(32-11-7-4-8-12-32)36-22-24-38(48-36)46(42-28-27-41(45)50-42)34-19-15-30(2)16-20-34/h3-28H,1-2H3. The average molecular weight is 677 g/mol. The summed E-state index contributed by atoms with van der Waals surface area (Å²) in [5, 5.41) is 0. The maximum Gasteiger partial charge on any atom is 0.0730 e. The van der Waals surface area contributed by atoms with Crippen LogP contribution < -0.4 is 0 Å². The molecule has 5 heterocycles. The quantitative estimate of drug-likeness (QED) is 0.185. The zero-order chi connectivity index (χ0) is 33.6. The topological polar surface area (TPSA) is 25.8 Å². The largest absolute Gasteiger partial charge is 0.248 e. The molecule has 0 fully saturated rings. The van der Waals surface area contributed by atoms with E-state index in [1.165, 1.54) is 29.9 Å². The molecule has 2 nitrogen and oxygen atoms in total. The minimum Gasteiger partial charge on any atom is -0.248 e. The van der Waals surface area contributed by atoms with Gasteiger partial charge in [-0.15, -0.1) is 22.7 Å². The fourth-order valence-corrected chi connectivity index (χ4v) is 9.13. The van der Waals surface area contributed by atoms with Gasteiger partial charge < -0.3 is 0 Å². The molecule has 9 rings (SSSR count). The zero-order valence-corrected chi connectivity index (χ0v) is 29.4. The molecule has 0 atom stereocenters. The summed E-state index contributed by atoms with van der Waals surface area (Å²) in [5.74, 6) is 0. The molecule has 50 heavy (non-hydrogen) atoms. The number of hydrogen-bond acceptors (Lipinski definition) is 4. The van der Waals surface area contributed by atoms with Gasteiger partial charge >= 0.3 is 0 Å². The zero-order valence-electron chi connectivity index (χ0n) is 27.7. The van der Waals surface area contributed by atoms with E-state index in [1.807, 2.05) is 0 Å². The summed E-state index contributed by atoms with van der Waals surface area (Å²) < 4.78 is 4.69. The first-order valence-corrected chi connectivity index (χ1v) is 18.5. The highest BCUT2D eigenvalue weighted by molar-refractivity contribution is 7.24. The Labute approximate surface area is 300 Å². The van der Waals surface area contributed by atoms with Crippen LogP contribution in [0.2, 0.25) is 0 Å².